The van der Waals surface area contributed by atoms with E-state index in [1.807, 2.05) is 38.7 Å². The third kappa shape index (κ3) is 4.54. The zero-order chi connectivity index (χ0) is 29.7. The van der Waals surface area contributed by atoms with Crippen LogP contribution in [0.5, 0.6) is 0 Å². The van der Waals surface area contributed by atoms with Crippen molar-refractivity contribution in [1.29, 1.82) is 0 Å². The Morgan fingerprint density at radius 1 is 1.12 bits per heavy atom. The molecule has 2 unspecified atom stereocenters. The maximum absolute atomic E-state index is 16.0. The van der Waals surface area contributed by atoms with Gasteiger partial charge in [0.25, 0.3) is 0 Å². The van der Waals surface area contributed by atoms with Crippen molar-refractivity contribution in [3.63, 3.8) is 0 Å². The minimum atomic E-state index is -0.601. The van der Waals surface area contributed by atoms with E-state index < -0.39 is 11.5 Å². The van der Waals surface area contributed by atoms with E-state index in [4.69, 9.17) is 4.98 Å². The summed E-state index contributed by atoms with van der Waals surface area (Å²) in [5, 5.41) is 8.58. The second-order valence-electron chi connectivity index (χ2n) is 11.5. The van der Waals surface area contributed by atoms with Crippen molar-refractivity contribution in [3.8, 4) is 11.5 Å². The molecule has 42 heavy (non-hydrogen) atoms. The van der Waals surface area contributed by atoms with Crippen molar-refractivity contribution in [2.24, 2.45) is 0 Å². The van der Waals surface area contributed by atoms with E-state index in [1.165, 1.54) is 21.4 Å². The molecule has 12 heteroatoms. The normalized spacial score (nSPS) is 18.9. The van der Waals surface area contributed by atoms with Crippen LogP contribution in [0.2, 0.25) is 0 Å². The first-order valence-electron chi connectivity index (χ1n) is 14.4. The van der Waals surface area contributed by atoms with Crippen LogP contribution in [0.3, 0.4) is 0 Å². The molecule has 11 nitrogen and oxygen atoms in total. The van der Waals surface area contributed by atoms with Crippen LogP contribution in [-0.4, -0.2) is 70.5 Å². The number of anilines is 1. The molecule has 0 aromatic carbocycles. The number of aromatic nitrogens is 7. The molecule has 4 aromatic rings. The Labute approximate surface area is 242 Å². The monoisotopic (exact) mass is 571 g/mol. The molecule has 0 saturated carbocycles. The number of carbonyl (C=O) groups is 1. The van der Waals surface area contributed by atoms with Crippen molar-refractivity contribution in [2.45, 2.75) is 71.4 Å². The van der Waals surface area contributed by atoms with E-state index in [9.17, 15) is 9.59 Å². The van der Waals surface area contributed by atoms with E-state index in [1.54, 1.807) is 17.3 Å². The molecule has 218 valence electrons. The van der Waals surface area contributed by atoms with Gasteiger partial charge in [0.1, 0.15) is 5.82 Å². The third-order valence-electron chi connectivity index (χ3n) is 8.25. The second kappa shape index (κ2) is 10.7. The van der Waals surface area contributed by atoms with Crippen LogP contribution in [0.4, 0.5) is 10.2 Å². The molecule has 0 radical (unpaired) electrons. The van der Waals surface area contributed by atoms with Crippen LogP contribution < -0.4 is 10.6 Å². The molecule has 2 aliphatic rings. The summed E-state index contributed by atoms with van der Waals surface area (Å²) in [7, 11) is 0. The second-order valence-corrected chi connectivity index (χ2v) is 11.5. The van der Waals surface area contributed by atoms with Crippen molar-refractivity contribution in [1.82, 2.24) is 39.4 Å². The predicted octanol–water partition coefficient (Wildman–Crippen LogP) is 3.51. The fraction of sp³-hybridized carbons (Fsp3) is 0.433. The molecular weight excluding hydrogens is 537 g/mol. The van der Waals surface area contributed by atoms with Gasteiger partial charge in [0.15, 0.2) is 17.3 Å². The average molecular weight is 572 g/mol. The van der Waals surface area contributed by atoms with E-state index >= 15 is 4.39 Å². The summed E-state index contributed by atoms with van der Waals surface area (Å²) >= 11 is 0. The predicted molar refractivity (Wildman–Crippen MR) is 157 cm³/mol. The highest BCUT2D eigenvalue weighted by Crippen LogP contribution is 2.33. The third-order valence-corrected chi connectivity index (χ3v) is 8.25. The number of pyridine rings is 2. The molecule has 0 spiro atoms. The van der Waals surface area contributed by atoms with Crippen LogP contribution in [-0.2, 0) is 17.6 Å². The Balaban J connectivity index is 1.66. The fourth-order valence-electron chi connectivity index (χ4n) is 6.13. The standard InChI is InChI=1S/C30H34FN9O2/c1-6-24(41)37-15-19(5)38(16-18(37)4)27-22-13-23(31)29-34-28(22)39(30(42)35-27)26-20(11-12-32-25(26)17(2)3)9-7-8-10-21-14-33-36-40(21)29/h6,11-14,17-19H,1,7-10,15-16H2,2-5H3. The maximum atomic E-state index is 16.0. The first-order valence-corrected chi connectivity index (χ1v) is 14.4. The zero-order valence-electron chi connectivity index (χ0n) is 24.3. The van der Waals surface area contributed by atoms with Crippen LogP contribution in [0.25, 0.3) is 22.5 Å². The minimum absolute atomic E-state index is 0.00710. The summed E-state index contributed by atoms with van der Waals surface area (Å²) in [5.74, 6) is -0.448. The molecule has 1 saturated heterocycles. The quantitative estimate of drug-likeness (QED) is 0.343. The Morgan fingerprint density at radius 3 is 2.67 bits per heavy atom. The number of hydrogen-bond donors (Lipinski definition) is 0. The molecule has 0 N–H and O–H groups in total. The Kier molecular flexibility index (Phi) is 7.07. The Morgan fingerprint density at radius 2 is 1.90 bits per heavy atom. The smallest absolute Gasteiger partial charge is 0.349 e. The summed E-state index contributed by atoms with van der Waals surface area (Å²) in [6.45, 7) is 12.4. The zero-order valence-corrected chi connectivity index (χ0v) is 24.3. The molecular formula is C30H34FN9O2. The van der Waals surface area contributed by atoms with E-state index in [2.05, 4.69) is 26.9 Å². The van der Waals surface area contributed by atoms with Gasteiger partial charge in [-0.2, -0.15) is 9.67 Å². The topological polar surface area (TPSA) is 115 Å². The van der Waals surface area contributed by atoms with E-state index in [0.717, 1.165) is 36.2 Å². The van der Waals surface area contributed by atoms with Crippen molar-refractivity contribution in [3.05, 3.63) is 70.4 Å². The number of nitrogens with zero attached hydrogens (tertiary/aromatic N) is 9. The highest BCUT2D eigenvalue weighted by Gasteiger charge is 2.34. The highest BCUT2D eigenvalue weighted by atomic mass is 19.1. The lowest BCUT2D eigenvalue weighted by atomic mass is 9.99. The lowest BCUT2D eigenvalue weighted by Crippen LogP contribution is -2.58. The molecule has 0 aliphatic carbocycles. The molecule has 4 aromatic heterocycles. The van der Waals surface area contributed by atoms with Gasteiger partial charge in [-0.05, 0) is 69.2 Å². The van der Waals surface area contributed by atoms with E-state index in [0.29, 0.717) is 36.4 Å². The molecule has 2 aliphatic heterocycles. The summed E-state index contributed by atoms with van der Waals surface area (Å²) in [4.78, 5) is 44.4. The van der Waals surface area contributed by atoms with Crippen LogP contribution in [0.1, 0.15) is 63.4 Å². The first-order chi connectivity index (χ1) is 20.2. The van der Waals surface area contributed by atoms with Gasteiger partial charge in [-0.25, -0.2) is 18.7 Å². The molecule has 6 rings (SSSR count). The largest absolute Gasteiger partial charge is 0.355 e. The van der Waals surface area contributed by atoms with Gasteiger partial charge in [0.05, 0.1) is 28.7 Å². The Bertz CT molecular complexity index is 1760. The van der Waals surface area contributed by atoms with Gasteiger partial charge in [0.2, 0.25) is 5.91 Å². The number of hydrogen-bond acceptors (Lipinski definition) is 8. The number of halogens is 1. The summed E-state index contributed by atoms with van der Waals surface area (Å²) < 4.78 is 18.9. The summed E-state index contributed by atoms with van der Waals surface area (Å²) in [6.07, 6.45) is 7.75. The summed E-state index contributed by atoms with van der Waals surface area (Å²) in [5.41, 5.74) is 2.84. The number of amides is 1. The Hall–Kier alpha value is -4.48. The molecule has 1 fully saturated rings. The lowest BCUT2D eigenvalue weighted by Gasteiger charge is -2.44. The van der Waals surface area contributed by atoms with Crippen LogP contribution in [0, 0.1) is 5.82 Å². The van der Waals surface area contributed by atoms with Crippen LogP contribution in [0.15, 0.2) is 42.0 Å². The minimum Gasteiger partial charge on any atom is -0.349 e. The summed E-state index contributed by atoms with van der Waals surface area (Å²) in [6, 6.07) is 2.94. The van der Waals surface area contributed by atoms with Gasteiger partial charge in [0, 0.05) is 31.4 Å². The number of aryl methyl sites for hydroxylation is 2. The SMILES string of the molecule is C=CC(=O)N1CC(C)N(c2nc(=O)n3c4nc(c(F)cc24)-n2nncc2CCCCc2ccnc(C(C)C)c2-3)CC1C. The van der Waals surface area contributed by atoms with Crippen molar-refractivity contribution < 1.29 is 9.18 Å². The number of rotatable bonds is 3. The first kappa shape index (κ1) is 27.7. The molecule has 1 amide bonds. The van der Waals surface area contributed by atoms with Gasteiger partial charge >= 0.3 is 5.69 Å². The lowest BCUT2D eigenvalue weighted by molar-refractivity contribution is -0.128. The number of fused-ring (bicyclic) bond motifs is 5. The van der Waals surface area contributed by atoms with Gasteiger partial charge in [-0.15, -0.1) is 5.10 Å². The number of carbonyl (C=O) groups excluding carboxylic acids is 1. The van der Waals surface area contributed by atoms with Gasteiger partial charge in [-0.3, -0.25) is 9.78 Å². The van der Waals surface area contributed by atoms with E-state index in [-0.39, 0.29) is 35.4 Å². The van der Waals surface area contributed by atoms with Crippen LogP contribution >= 0.6 is 0 Å². The average Bonchev–Trinajstić information content (AvgIpc) is 3.43. The maximum Gasteiger partial charge on any atom is 0.355 e. The molecule has 2 atom stereocenters. The highest BCUT2D eigenvalue weighted by molar-refractivity contribution is 5.90. The fourth-order valence-corrected chi connectivity index (χ4v) is 6.13. The van der Waals surface area contributed by atoms with Crippen molar-refractivity contribution in [2.75, 3.05) is 18.0 Å². The van der Waals surface area contributed by atoms with Gasteiger partial charge in [-0.1, -0.05) is 25.6 Å². The van der Waals surface area contributed by atoms with Crippen molar-refractivity contribution >= 4 is 22.8 Å². The number of piperazine rings is 1. The molecule has 2 bridgehead atoms. The van der Waals surface area contributed by atoms with Gasteiger partial charge < -0.3 is 9.80 Å². The molecule has 6 heterocycles.